The van der Waals surface area contributed by atoms with E-state index in [9.17, 15) is 0 Å². The average molecular weight is 518 g/mol. The van der Waals surface area contributed by atoms with E-state index in [0.29, 0.717) is 0 Å². The molecular formula is C36H27N3O. The Bertz CT molecular complexity index is 1860. The van der Waals surface area contributed by atoms with E-state index in [2.05, 4.69) is 113 Å². The number of furan rings is 1. The van der Waals surface area contributed by atoms with E-state index < -0.39 is 0 Å². The van der Waals surface area contributed by atoms with Gasteiger partial charge in [-0.05, 0) is 78.9 Å². The van der Waals surface area contributed by atoms with E-state index in [1.54, 1.807) is 0 Å². The van der Waals surface area contributed by atoms with Crippen LogP contribution < -0.4 is 15.5 Å². The predicted octanol–water partition coefficient (Wildman–Crippen LogP) is 10.5. The number of nitrogens with zero attached hydrogens (tertiary/aromatic N) is 1. The van der Waals surface area contributed by atoms with Gasteiger partial charge in [-0.25, -0.2) is 0 Å². The fraction of sp³-hybridized carbons (Fsp3) is 0. The summed E-state index contributed by atoms with van der Waals surface area (Å²) in [6.07, 6.45) is 0. The van der Waals surface area contributed by atoms with Crippen molar-refractivity contribution in [2.24, 2.45) is 0 Å². The molecule has 1 heterocycles. The fourth-order valence-corrected chi connectivity index (χ4v) is 5.14. The van der Waals surface area contributed by atoms with Gasteiger partial charge in [0.25, 0.3) is 0 Å². The molecular weight excluding hydrogens is 490 g/mol. The molecule has 192 valence electrons. The Morgan fingerprint density at radius 3 is 1.73 bits per heavy atom. The molecule has 0 saturated carbocycles. The molecule has 0 spiro atoms. The van der Waals surface area contributed by atoms with Crippen LogP contribution in [0, 0.1) is 0 Å². The number of benzene rings is 6. The quantitative estimate of drug-likeness (QED) is 0.221. The Kier molecular flexibility index (Phi) is 6.11. The summed E-state index contributed by atoms with van der Waals surface area (Å²) < 4.78 is 6.07. The summed E-state index contributed by atoms with van der Waals surface area (Å²) in [5.41, 5.74) is 8.95. The van der Waals surface area contributed by atoms with E-state index >= 15 is 0 Å². The molecule has 1 aromatic heterocycles. The van der Waals surface area contributed by atoms with Crippen LogP contribution in [-0.2, 0) is 0 Å². The number of anilines is 7. The van der Waals surface area contributed by atoms with Gasteiger partial charge in [0.2, 0.25) is 0 Å². The molecule has 0 aliphatic carbocycles. The third-order valence-electron chi connectivity index (χ3n) is 6.98. The lowest BCUT2D eigenvalue weighted by atomic mass is 10.1. The third-order valence-corrected chi connectivity index (χ3v) is 6.98. The van der Waals surface area contributed by atoms with Crippen molar-refractivity contribution in [1.29, 1.82) is 0 Å². The molecule has 4 nitrogen and oxygen atoms in total. The highest BCUT2D eigenvalue weighted by atomic mass is 16.3. The molecule has 0 aliphatic heterocycles. The summed E-state index contributed by atoms with van der Waals surface area (Å²) in [5.74, 6) is 0. The van der Waals surface area contributed by atoms with Crippen molar-refractivity contribution in [2.45, 2.75) is 0 Å². The van der Waals surface area contributed by atoms with E-state index in [1.165, 1.54) is 0 Å². The van der Waals surface area contributed by atoms with Crippen LogP contribution in [0.4, 0.5) is 39.8 Å². The predicted molar refractivity (Wildman–Crippen MR) is 168 cm³/mol. The summed E-state index contributed by atoms with van der Waals surface area (Å²) in [6.45, 7) is 0. The fourth-order valence-electron chi connectivity index (χ4n) is 5.14. The Balaban J connectivity index is 1.36. The molecule has 7 aromatic rings. The van der Waals surface area contributed by atoms with Crippen molar-refractivity contribution in [1.82, 2.24) is 0 Å². The van der Waals surface area contributed by atoms with Gasteiger partial charge in [-0.3, -0.25) is 0 Å². The smallest absolute Gasteiger partial charge is 0.135 e. The Morgan fingerprint density at radius 2 is 1.00 bits per heavy atom. The molecule has 40 heavy (non-hydrogen) atoms. The number of rotatable bonds is 7. The first-order chi connectivity index (χ1) is 19.8. The van der Waals surface area contributed by atoms with Crippen LogP contribution in [0.5, 0.6) is 0 Å². The standard InChI is InChI=1S/C36H27N3O/c1-4-12-26(13-5-1)37-28-20-22-34(39(29-14-6-2-7-15-29)30-16-8-3-9-17-30)33(25-28)38-27-21-23-36-32(24-27)31-18-10-11-19-35(31)40-36/h1-25,37-38H. The molecule has 0 atom stereocenters. The van der Waals surface area contributed by atoms with Gasteiger partial charge < -0.3 is 20.0 Å². The molecule has 0 fully saturated rings. The second-order valence-electron chi connectivity index (χ2n) is 9.66. The van der Waals surface area contributed by atoms with Gasteiger partial charge in [-0.1, -0.05) is 72.8 Å². The molecule has 0 radical (unpaired) electrons. The number of hydrogen-bond donors (Lipinski definition) is 2. The van der Waals surface area contributed by atoms with Crippen molar-refractivity contribution in [3.05, 3.63) is 152 Å². The van der Waals surface area contributed by atoms with Crippen LogP contribution >= 0.6 is 0 Å². The molecule has 0 amide bonds. The van der Waals surface area contributed by atoms with Gasteiger partial charge in [0.1, 0.15) is 11.2 Å². The lowest BCUT2D eigenvalue weighted by Gasteiger charge is -2.28. The summed E-state index contributed by atoms with van der Waals surface area (Å²) in [6, 6.07) is 52.0. The second-order valence-corrected chi connectivity index (χ2v) is 9.66. The van der Waals surface area contributed by atoms with Gasteiger partial charge in [-0.2, -0.15) is 0 Å². The zero-order valence-corrected chi connectivity index (χ0v) is 21.8. The first-order valence-electron chi connectivity index (χ1n) is 13.4. The van der Waals surface area contributed by atoms with Crippen LogP contribution in [0.3, 0.4) is 0 Å². The summed E-state index contributed by atoms with van der Waals surface area (Å²) in [5, 5.41) is 9.49. The highest BCUT2D eigenvalue weighted by Gasteiger charge is 2.17. The van der Waals surface area contributed by atoms with Crippen LogP contribution in [-0.4, -0.2) is 0 Å². The van der Waals surface area contributed by atoms with Gasteiger partial charge in [0.15, 0.2) is 0 Å². The maximum atomic E-state index is 6.07. The first kappa shape index (κ1) is 23.6. The van der Waals surface area contributed by atoms with Crippen molar-refractivity contribution in [3.8, 4) is 0 Å². The third kappa shape index (κ3) is 4.63. The van der Waals surface area contributed by atoms with E-state index in [4.69, 9.17) is 4.42 Å². The van der Waals surface area contributed by atoms with E-state index in [-0.39, 0.29) is 0 Å². The maximum absolute atomic E-state index is 6.07. The average Bonchev–Trinajstić information content (AvgIpc) is 3.38. The minimum Gasteiger partial charge on any atom is -0.456 e. The van der Waals surface area contributed by atoms with Crippen molar-refractivity contribution in [2.75, 3.05) is 15.5 Å². The van der Waals surface area contributed by atoms with Gasteiger partial charge >= 0.3 is 0 Å². The molecule has 6 aromatic carbocycles. The second kappa shape index (κ2) is 10.4. The van der Waals surface area contributed by atoms with Gasteiger partial charge in [0, 0.05) is 39.2 Å². The lowest BCUT2D eigenvalue weighted by molar-refractivity contribution is 0.669. The monoisotopic (exact) mass is 517 g/mol. The van der Waals surface area contributed by atoms with Crippen LogP contribution in [0.15, 0.2) is 156 Å². The van der Waals surface area contributed by atoms with Crippen LogP contribution in [0.25, 0.3) is 21.9 Å². The van der Waals surface area contributed by atoms with Crippen LogP contribution in [0.2, 0.25) is 0 Å². The topological polar surface area (TPSA) is 40.4 Å². The molecule has 2 N–H and O–H groups in total. The molecule has 0 unspecified atom stereocenters. The highest BCUT2D eigenvalue weighted by Crippen LogP contribution is 2.42. The minimum atomic E-state index is 0.877. The van der Waals surface area contributed by atoms with Crippen LogP contribution in [0.1, 0.15) is 0 Å². The molecule has 0 saturated heterocycles. The zero-order valence-electron chi connectivity index (χ0n) is 21.8. The Labute approximate surface area is 233 Å². The van der Waals surface area contributed by atoms with E-state index in [1.807, 2.05) is 54.6 Å². The van der Waals surface area contributed by atoms with Gasteiger partial charge in [0.05, 0.1) is 11.4 Å². The normalized spacial score (nSPS) is 11.0. The number of nitrogens with one attached hydrogen (secondary N) is 2. The number of fused-ring (bicyclic) bond motifs is 3. The lowest BCUT2D eigenvalue weighted by Crippen LogP contribution is -2.12. The number of hydrogen-bond acceptors (Lipinski definition) is 4. The summed E-state index contributed by atoms with van der Waals surface area (Å²) >= 11 is 0. The molecule has 4 heteroatoms. The summed E-state index contributed by atoms with van der Waals surface area (Å²) in [4.78, 5) is 2.28. The van der Waals surface area contributed by atoms with Crippen molar-refractivity contribution >= 4 is 61.8 Å². The molecule has 0 aliphatic rings. The highest BCUT2D eigenvalue weighted by molar-refractivity contribution is 6.06. The van der Waals surface area contributed by atoms with E-state index in [0.717, 1.165) is 61.8 Å². The van der Waals surface area contributed by atoms with Crippen molar-refractivity contribution in [3.63, 3.8) is 0 Å². The maximum Gasteiger partial charge on any atom is 0.135 e. The largest absolute Gasteiger partial charge is 0.456 e. The number of para-hydroxylation sites is 4. The Morgan fingerprint density at radius 1 is 0.425 bits per heavy atom. The summed E-state index contributed by atoms with van der Waals surface area (Å²) in [7, 11) is 0. The minimum absolute atomic E-state index is 0.877. The first-order valence-corrected chi connectivity index (χ1v) is 13.4. The zero-order chi connectivity index (χ0) is 26.7. The van der Waals surface area contributed by atoms with Crippen molar-refractivity contribution < 1.29 is 4.42 Å². The molecule has 7 rings (SSSR count). The Hall–Kier alpha value is -5.48. The SMILES string of the molecule is c1ccc(Nc2ccc(N(c3ccccc3)c3ccccc3)c(Nc3ccc4oc5ccccc5c4c3)c2)cc1. The van der Waals surface area contributed by atoms with Gasteiger partial charge in [-0.15, -0.1) is 0 Å². The molecule has 0 bridgehead atoms.